The van der Waals surface area contributed by atoms with Crippen molar-refractivity contribution in [3.05, 3.63) is 49.8 Å². The van der Waals surface area contributed by atoms with Gasteiger partial charge in [0.2, 0.25) is 0 Å². The number of hydrazone groups is 1. The molecule has 3 rings (SSSR count). The number of nitrogens with one attached hydrogen (secondary N) is 1. The summed E-state index contributed by atoms with van der Waals surface area (Å²) in [6, 6.07) is 5.33. The molecule has 0 saturated carbocycles. The molecule has 1 amide bonds. The van der Waals surface area contributed by atoms with Crippen molar-refractivity contribution in [3.8, 4) is 11.5 Å². The van der Waals surface area contributed by atoms with Gasteiger partial charge >= 0.3 is 0 Å². The van der Waals surface area contributed by atoms with Gasteiger partial charge in [-0.1, -0.05) is 6.92 Å². The molecule has 0 radical (unpaired) electrons. The summed E-state index contributed by atoms with van der Waals surface area (Å²) < 4.78 is 12.5. The summed E-state index contributed by atoms with van der Waals surface area (Å²) in [5, 5.41) is 4.47. The first kappa shape index (κ1) is 21.0. The van der Waals surface area contributed by atoms with E-state index in [2.05, 4.69) is 31.4 Å². The number of benzene rings is 1. The second kappa shape index (κ2) is 9.19. The van der Waals surface area contributed by atoms with E-state index >= 15 is 0 Å². The fraction of sp³-hybridized carbons (Fsp3) is 0.263. The minimum atomic E-state index is -0.435. The van der Waals surface area contributed by atoms with Gasteiger partial charge < -0.3 is 9.47 Å². The van der Waals surface area contributed by atoms with Gasteiger partial charge in [-0.15, -0.1) is 11.3 Å². The zero-order valence-electron chi connectivity index (χ0n) is 16.1. The lowest BCUT2D eigenvalue weighted by Gasteiger charge is -2.10. The second-order valence-electron chi connectivity index (χ2n) is 5.99. The number of rotatable bonds is 7. The quantitative estimate of drug-likeness (QED) is 0.416. The molecule has 0 aliphatic heterocycles. The number of carbonyl (C=O) groups is 1. The number of fused-ring (bicyclic) bond motifs is 1. The summed E-state index contributed by atoms with van der Waals surface area (Å²) in [6.07, 6.45) is 3.69. The third-order valence-electron chi connectivity index (χ3n) is 4.09. The van der Waals surface area contributed by atoms with Gasteiger partial charge in [-0.05, 0) is 46.1 Å². The number of aryl methyl sites for hydroxylation is 1. The van der Waals surface area contributed by atoms with Crippen LogP contribution in [0, 0.1) is 0 Å². The maximum atomic E-state index is 12.5. The lowest BCUT2D eigenvalue weighted by molar-refractivity contribution is -0.121. The molecule has 0 bridgehead atoms. The van der Waals surface area contributed by atoms with Crippen LogP contribution < -0.4 is 20.5 Å². The molecule has 0 atom stereocenters. The Morgan fingerprint density at radius 3 is 2.83 bits per heavy atom. The summed E-state index contributed by atoms with van der Waals surface area (Å²) in [7, 11) is 3.08. The molecule has 0 fully saturated rings. The molecule has 10 heteroatoms. The highest BCUT2D eigenvalue weighted by molar-refractivity contribution is 9.10. The standard InChI is InChI=1S/C19H19BrN4O4S/c1-4-12-7-13-18(29-12)21-10-24(19(13)26)9-16(25)23-22-8-11-5-14(20)17(28-3)15(6-11)27-2/h5-8,10H,4,9H2,1-3H3,(H,23,25)/b22-8+. The summed E-state index contributed by atoms with van der Waals surface area (Å²) in [5.41, 5.74) is 2.87. The number of hydrogen-bond donors (Lipinski definition) is 1. The van der Waals surface area contributed by atoms with Crippen molar-refractivity contribution < 1.29 is 14.3 Å². The van der Waals surface area contributed by atoms with E-state index in [-0.39, 0.29) is 12.1 Å². The zero-order chi connectivity index (χ0) is 21.0. The predicted molar refractivity (Wildman–Crippen MR) is 116 cm³/mol. The van der Waals surface area contributed by atoms with E-state index in [0.717, 1.165) is 11.3 Å². The van der Waals surface area contributed by atoms with Crippen LogP contribution in [0.1, 0.15) is 17.4 Å². The van der Waals surface area contributed by atoms with Crippen LogP contribution in [-0.2, 0) is 17.8 Å². The van der Waals surface area contributed by atoms with Crippen molar-refractivity contribution in [2.45, 2.75) is 19.9 Å². The van der Waals surface area contributed by atoms with E-state index in [1.54, 1.807) is 19.2 Å². The Labute approximate surface area is 179 Å². The van der Waals surface area contributed by atoms with Gasteiger partial charge in [0, 0.05) is 4.88 Å². The van der Waals surface area contributed by atoms with Crippen LogP contribution in [-0.4, -0.2) is 35.9 Å². The minimum Gasteiger partial charge on any atom is -0.493 e. The molecule has 2 aromatic heterocycles. The maximum absolute atomic E-state index is 12.5. The van der Waals surface area contributed by atoms with E-state index in [0.29, 0.717) is 31.8 Å². The van der Waals surface area contributed by atoms with Gasteiger partial charge in [0.25, 0.3) is 11.5 Å². The number of halogens is 1. The van der Waals surface area contributed by atoms with Crippen molar-refractivity contribution >= 4 is 49.6 Å². The number of carbonyl (C=O) groups excluding carboxylic acids is 1. The van der Waals surface area contributed by atoms with Crippen molar-refractivity contribution in [2.24, 2.45) is 5.10 Å². The average molecular weight is 479 g/mol. The Morgan fingerprint density at radius 1 is 1.34 bits per heavy atom. The number of hydrogen-bond acceptors (Lipinski definition) is 7. The van der Waals surface area contributed by atoms with Gasteiger partial charge in [0.15, 0.2) is 11.5 Å². The number of nitrogens with zero attached hydrogens (tertiary/aromatic N) is 3. The Kier molecular flexibility index (Phi) is 6.65. The first-order chi connectivity index (χ1) is 14.0. The average Bonchev–Trinajstić information content (AvgIpc) is 3.14. The number of ether oxygens (including phenoxy) is 2. The molecule has 0 spiro atoms. The summed E-state index contributed by atoms with van der Waals surface area (Å²) in [5.74, 6) is 0.661. The van der Waals surface area contributed by atoms with Gasteiger partial charge in [-0.25, -0.2) is 10.4 Å². The van der Waals surface area contributed by atoms with Crippen molar-refractivity contribution in [3.63, 3.8) is 0 Å². The van der Waals surface area contributed by atoms with Crippen LogP contribution >= 0.6 is 27.3 Å². The van der Waals surface area contributed by atoms with Crippen LogP contribution in [0.15, 0.2) is 38.9 Å². The SMILES string of the molecule is CCc1cc2c(=O)n(CC(=O)N/N=C/c3cc(Br)c(OC)c(OC)c3)cnc2s1. The number of aromatic nitrogens is 2. The maximum Gasteiger partial charge on any atom is 0.262 e. The highest BCUT2D eigenvalue weighted by atomic mass is 79.9. The molecule has 8 nitrogen and oxygen atoms in total. The minimum absolute atomic E-state index is 0.175. The van der Waals surface area contributed by atoms with Crippen molar-refractivity contribution in [1.29, 1.82) is 0 Å². The Balaban J connectivity index is 1.70. The number of amides is 1. The van der Waals surface area contributed by atoms with Gasteiger partial charge in [0.1, 0.15) is 11.4 Å². The third-order valence-corrected chi connectivity index (χ3v) is 5.87. The van der Waals surface area contributed by atoms with E-state index < -0.39 is 5.91 Å². The summed E-state index contributed by atoms with van der Waals surface area (Å²) in [6.45, 7) is 1.84. The first-order valence-corrected chi connectivity index (χ1v) is 10.3. The Hall–Kier alpha value is -2.72. The lowest BCUT2D eigenvalue weighted by Crippen LogP contribution is -2.29. The molecule has 3 aromatic rings. The lowest BCUT2D eigenvalue weighted by atomic mass is 10.2. The van der Waals surface area contributed by atoms with Gasteiger partial charge in [0.05, 0.1) is 36.6 Å². The summed E-state index contributed by atoms with van der Waals surface area (Å²) in [4.78, 5) is 30.7. The van der Waals surface area contributed by atoms with Crippen LogP contribution in [0.25, 0.3) is 10.2 Å². The molecule has 29 heavy (non-hydrogen) atoms. The van der Waals surface area contributed by atoms with E-state index in [1.165, 1.54) is 35.6 Å². The highest BCUT2D eigenvalue weighted by Crippen LogP contribution is 2.35. The Morgan fingerprint density at radius 2 is 2.14 bits per heavy atom. The normalized spacial score (nSPS) is 11.2. The monoisotopic (exact) mass is 478 g/mol. The fourth-order valence-electron chi connectivity index (χ4n) is 2.68. The molecule has 0 aliphatic rings. The topological polar surface area (TPSA) is 94.8 Å². The van der Waals surface area contributed by atoms with Crippen LogP contribution in [0.5, 0.6) is 11.5 Å². The molecule has 1 aromatic carbocycles. The van der Waals surface area contributed by atoms with Crippen LogP contribution in [0.3, 0.4) is 0 Å². The molecular weight excluding hydrogens is 460 g/mol. The van der Waals surface area contributed by atoms with Crippen molar-refractivity contribution in [1.82, 2.24) is 15.0 Å². The molecule has 0 unspecified atom stereocenters. The fourth-order valence-corrected chi connectivity index (χ4v) is 4.22. The predicted octanol–water partition coefficient (Wildman–Crippen LogP) is 2.95. The summed E-state index contributed by atoms with van der Waals surface area (Å²) >= 11 is 4.89. The number of methoxy groups -OCH3 is 2. The molecule has 152 valence electrons. The molecule has 1 N–H and O–H groups in total. The third kappa shape index (κ3) is 4.65. The van der Waals surface area contributed by atoms with Crippen LogP contribution in [0.2, 0.25) is 0 Å². The van der Waals surface area contributed by atoms with Gasteiger partial charge in [-0.2, -0.15) is 5.10 Å². The second-order valence-corrected chi connectivity index (χ2v) is 7.96. The smallest absolute Gasteiger partial charge is 0.262 e. The zero-order valence-corrected chi connectivity index (χ0v) is 18.5. The molecule has 0 saturated heterocycles. The first-order valence-electron chi connectivity index (χ1n) is 8.68. The molecule has 2 heterocycles. The van der Waals surface area contributed by atoms with E-state index in [9.17, 15) is 9.59 Å². The van der Waals surface area contributed by atoms with E-state index in [4.69, 9.17) is 9.47 Å². The molecule has 0 aliphatic carbocycles. The molecular formula is C19H19BrN4O4S. The Bertz CT molecular complexity index is 1140. The largest absolute Gasteiger partial charge is 0.493 e. The highest BCUT2D eigenvalue weighted by Gasteiger charge is 2.11. The van der Waals surface area contributed by atoms with Crippen LogP contribution in [0.4, 0.5) is 0 Å². The van der Waals surface area contributed by atoms with E-state index in [1.807, 2.05) is 13.0 Å². The van der Waals surface area contributed by atoms with Gasteiger partial charge in [-0.3, -0.25) is 14.2 Å². The number of thiophene rings is 1. The van der Waals surface area contributed by atoms with Crippen molar-refractivity contribution in [2.75, 3.05) is 14.2 Å².